The SMILES string of the molecule is CCc1ocnc1C(=O)OCc1cn(-c2ccc(Cl)cc2)nn1. The van der Waals surface area contributed by atoms with E-state index in [0.717, 1.165) is 5.69 Å². The van der Waals surface area contributed by atoms with E-state index in [2.05, 4.69) is 15.3 Å². The highest BCUT2D eigenvalue weighted by Crippen LogP contribution is 2.13. The minimum absolute atomic E-state index is 0.00242. The predicted molar refractivity (Wildman–Crippen MR) is 81.4 cm³/mol. The molecule has 0 bridgehead atoms. The summed E-state index contributed by atoms with van der Waals surface area (Å²) in [7, 11) is 0. The standard InChI is InChI=1S/C15H13ClN4O3/c1-2-13-14(17-9-23-13)15(21)22-8-11-7-20(19-18-11)12-5-3-10(16)4-6-12/h3-7,9H,2,8H2,1H3. The third-order valence-electron chi connectivity index (χ3n) is 3.14. The number of halogens is 1. The fourth-order valence-corrected chi connectivity index (χ4v) is 2.11. The third-order valence-corrected chi connectivity index (χ3v) is 3.39. The molecule has 3 rings (SSSR count). The third kappa shape index (κ3) is 3.40. The van der Waals surface area contributed by atoms with Gasteiger partial charge in [0.25, 0.3) is 0 Å². The zero-order chi connectivity index (χ0) is 16.2. The van der Waals surface area contributed by atoms with Crippen molar-refractivity contribution >= 4 is 17.6 Å². The lowest BCUT2D eigenvalue weighted by Crippen LogP contribution is -2.08. The van der Waals surface area contributed by atoms with Gasteiger partial charge >= 0.3 is 5.97 Å². The van der Waals surface area contributed by atoms with Gasteiger partial charge in [-0.25, -0.2) is 14.5 Å². The molecule has 0 amide bonds. The van der Waals surface area contributed by atoms with Crippen LogP contribution in [0.15, 0.2) is 41.3 Å². The fourth-order valence-electron chi connectivity index (χ4n) is 1.98. The lowest BCUT2D eigenvalue weighted by molar-refractivity contribution is 0.0459. The van der Waals surface area contributed by atoms with Gasteiger partial charge in [0.1, 0.15) is 18.1 Å². The van der Waals surface area contributed by atoms with Gasteiger partial charge in [-0.3, -0.25) is 0 Å². The highest BCUT2D eigenvalue weighted by atomic mass is 35.5. The van der Waals surface area contributed by atoms with Crippen LogP contribution in [-0.2, 0) is 17.8 Å². The molecule has 0 radical (unpaired) electrons. The number of hydrogen-bond acceptors (Lipinski definition) is 6. The first-order valence-electron chi connectivity index (χ1n) is 6.94. The van der Waals surface area contributed by atoms with Crippen LogP contribution in [0.5, 0.6) is 0 Å². The van der Waals surface area contributed by atoms with Crippen LogP contribution in [0.3, 0.4) is 0 Å². The molecular weight excluding hydrogens is 320 g/mol. The minimum atomic E-state index is -0.545. The fraction of sp³-hybridized carbons (Fsp3) is 0.200. The molecule has 0 unspecified atom stereocenters. The van der Waals surface area contributed by atoms with E-state index < -0.39 is 5.97 Å². The van der Waals surface area contributed by atoms with Crippen LogP contribution in [0.1, 0.15) is 28.9 Å². The maximum atomic E-state index is 12.0. The van der Waals surface area contributed by atoms with Crippen LogP contribution in [0, 0.1) is 0 Å². The zero-order valence-electron chi connectivity index (χ0n) is 12.3. The molecule has 0 aliphatic carbocycles. The van der Waals surface area contributed by atoms with E-state index in [9.17, 15) is 4.79 Å². The number of aryl methyl sites for hydroxylation is 1. The van der Waals surface area contributed by atoms with E-state index in [0.29, 0.717) is 22.9 Å². The van der Waals surface area contributed by atoms with Crippen molar-refractivity contribution in [2.45, 2.75) is 20.0 Å². The van der Waals surface area contributed by atoms with Gasteiger partial charge in [0.15, 0.2) is 12.1 Å². The van der Waals surface area contributed by atoms with Crippen molar-refractivity contribution in [3.63, 3.8) is 0 Å². The number of aromatic nitrogens is 4. The molecule has 0 saturated heterocycles. The van der Waals surface area contributed by atoms with Gasteiger partial charge in [-0.2, -0.15) is 0 Å². The molecule has 0 spiro atoms. The van der Waals surface area contributed by atoms with Gasteiger partial charge in [0, 0.05) is 11.4 Å². The van der Waals surface area contributed by atoms with Crippen molar-refractivity contribution in [2.24, 2.45) is 0 Å². The Morgan fingerprint density at radius 2 is 2.13 bits per heavy atom. The molecular formula is C15H13ClN4O3. The summed E-state index contributed by atoms with van der Waals surface area (Å²) in [6.07, 6.45) is 3.48. The molecule has 0 aliphatic rings. The zero-order valence-corrected chi connectivity index (χ0v) is 13.0. The van der Waals surface area contributed by atoms with E-state index in [4.69, 9.17) is 20.8 Å². The van der Waals surface area contributed by atoms with Gasteiger partial charge < -0.3 is 9.15 Å². The summed E-state index contributed by atoms with van der Waals surface area (Å²) in [5.74, 6) is -0.0449. The normalized spacial score (nSPS) is 10.7. The molecule has 3 aromatic rings. The Morgan fingerprint density at radius 3 is 2.87 bits per heavy atom. The second-order valence-electron chi connectivity index (χ2n) is 4.68. The maximum absolute atomic E-state index is 12.0. The van der Waals surface area contributed by atoms with E-state index in [1.165, 1.54) is 6.39 Å². The number of carbonyl (C=O) groups is 1. The Balaban J connectivity index is 1.65. The molecule has 0 fully saturated rings. The monoisotopic (exact) mass is 332 g/mol. The number of oxazole rings is 1. The van der Waals surface area contributed by atoms with E-state index >= 15 is 0 Å². The highest BCUT2D eigenvalue weighted by Gasteiger charge is 2.17. The highest BCUT2D eigenvalue weighted by molar-refractivity contribution is 6.30. The quantitative estimate of drug-likeness (QED) is 0.668. The van der Waals surface area contributed by atoms with Crippen molar-refractivity contribution in [3.8, 4) is 5.69 Å². The van der Waals surface area contributed by atoms with E-state index in [-0.39, 0.29) is 12.3 Å². The van der Waals surface area contributed by atoms with Crippen LogP contribution in [0.2, 0.25) is 5.02 Å². The van der Waals surface area contributed by atoms with E-state index in [1.807, 2.05) is 19.1 Å². The second-order valence-corrected chi connectivity index (χ2v) is 5.12. The molecule has 0 aliphatic heterocycles. The summed E-state index contributed by atoms with van der Waals surface area (Å²) in [6.45, 7) is 1.87. The predicted octanol–water partition coefficient (Wildman–Crippen LogP) is 2.83. The Hall–Kier alpha value is -2.67. The van der Waals surface area contributed by atoms with Crippen molar-refractivity contribution in [1.82, 2.24) is 20.0 Å². The van der Waals surface area contributed by atoms with E-state index in [1.54, 1.807) is 23.0 Å². The summed E-state index contributed by atoms with van der Waals surface area (Å²) in [4.78, 5) is 15.8. The lowest BCUT2D eigenvalue weighted by atomic mass is 10.3. The molecule has 7 nitrogen and oxygen atoms in total. The summed E-state index contributed by atoms with van der Waals surface area (Å²) in [5, 5.41) is 8.60. The molecule has 0 saturated carbocycles. The maximum Gasteiger partial charge on any atom is 0.360 e. The first-order chi connectivity index (χ1) is 11.2. The van der Waals surface area contributed by atoms with Gasteiger partial charge in [0.05, 0.1) is 11.9 Å². The summed E-state index contributed by atoms with van der Waals surface area (Å²) in [5.41, 5.74) is 1.52. The van der Waals surface area contributed by atoms with Crippen LogP contribution in [0.4, 0.5) is 0 Å². The van der Waals surface area contributed by atoms with Crippen molar-refractivity contribution in [3.05, 3.63) is 59.0 Å². The Bertz CT molecular complexity index is 810. The number of nitrogens with zero attached hydrogens (tertiary/aromatic N) is 4. The molecule has 118 valence electrons. The lowest BCUT2D eigenvalue weighted by Gasteiger charge is -2.01. The number of carbonyl (C=O) groups excluding carboxylic acids is 1. The second kappa shape index (κ2) is 6.62. The van der Waals surface area contributed by atoms with Gasteiger partial charge in [-0.15, -0.1) is 5.10 Å². The molecule has 1 aromatic carbocycles. The average Bonchev–Trinajstić information content (AvgIpc) is 3.22. The largest absolute Gasteiger partial charge is 0.454 e. The van der Waals surface area contributed by atoms with Crippen molar-refractivity contribution < 1.29 is 13.9 Å². The number of benzene rings is 1. The first kappa shape index (κ1) is 15.2. The van der Waals surface area contributed by atoms with Crippen LogP contribution >= 0.6 is 11.6 Å². The van der Waals surface area contributed by atoms with Crippen molar-refractivity contribution in [2.75, 3.05) is 0 Å². The summed E-state index contributed by atoms with van der Waals surface area (Å²) < 4.78 is 11.9. The van der Waals surface area contributed by atoms with Gasteiger partial charge in [-0.1, -0.05) is 23.7 Å². The van der Waals surface area contributed by atoms with Crippen molar-refractivity contribution in [1.29, 1.82) is 0 Å². The molecule has 23 heavy (non-hydrogen) atoms. The molecule has 2 heterocycles. The molecule has 0 atom stereocenters. The number of esters is 1. The molecule has 0 N–H and O–H groups in total. The molecule has 2 aromatic heterocycles. The summed E-state index contributed by atoms with van der Waals surface area (Å²) >= 11 is 5.85. The van der Waals surface area contributed by atoms with Gasteiger partial charge in [-0.05, 0) is 24.3 Å². The first-order valence-corrected chi connectivity index (χ1v) is 7.32. The minimum Gasteiger partial charge on any atom is -0.454 e. The van der Waals surface area contributed by atoms with Crippen LogP contribution in [0.25, 0.3) is 5.69 Å². The summed E-state index contributed by atoms with van der Waals surface area (Å²) in [6, 6.07) is 7.15. The Labute approximate surface area is 136 Å². The Morgan fingerprint density at radius 1 is 1.35 bits per heavy atom. The number of rotatable bonds is 5. The topological polar surface area (TPSA) is 83.0 Å². The Kier molecular flexibility index (Phi) is 4.38. The average molecular weight is 333 g/mol. The van der Waals surface area contributed by atoms with Gasteiger partial charge in [0.2, 0.25) is 0 Å². The molecule has 8 heteroatoms. The number of hydrogen-bond donors (Lipinski definition) is 0. The van der Waals surface area contributed by atoms with Crippen LogP contribution < -0.4 is 0 Å². The smallest absolute Gasteiger partial charge is 0.360 e. The number of ether oxygens (including phenoxy) is 1. The van der Waals surface area contributed by atoms with Crippen LogP contribution in [-0.4, -0.2) is 25.9 Å².